The van der Waals surface area contributed by atoms with Gasteiger partial charge in [0.2, 0.25) is 10.0 Å². The molecule has 0 aliphatic carbocycles. The van der Waals surface area contributed by atoms with Gasteiger partial charge in [0.25, 0.3) is 0 Å². The van der Waals surface area contributed by atoms with Gasteiger partial charge in [0, 0.05) is 24.8 Å². The molecule has 0 atom stereocenters. The van der Waals surface area contributed by atoms with Gasteiger partial charge in [-0.05, 0) is 11.1 Å². The van der Waals surface area contributed by atoms with Crippen LogP contribution in [-0.4, -0.2) is 18.6 Å². The summed E-state index contributed by atoms with van der Waals surface area (Å²) in [4.78, 5) is 0. The van der Waals surface area contributed by atoms with Gasteiger partial charge in [0.05, 0.1) is 11.9 Å². The number of rotatable bonds is 6. The van der Waals surface area contributed by atoms with Crippen molar-refractivity contribution in [1.29, 1.82) is 0 Å². The van der Waals surface area contributed by atoms with Gasteiger partial charge < -0.3 is 5.73 Å². The van der Waals surface area contributed by atoms with Crippen molar-refractivity contribution in [3.8, 4) is 0 Å². The molecule has 0 fully saturated rings. The number of aromatic amines is 1. The lowest BCUT2D eigenvalue weighted by molar-refractivity contribution is 0.580. The molecule has 102 valence electrons. The molecule has 1 aromatic heterocycles. The molecular weight excluding hydrogens is 264 g/mol. The SMILES string of the molecule is NCc1cccc(CS(=O)(=O)NCc2cn[nH]c2)c1. The van der Waals surface area contributed by atoms with Crippen LogP contribution in [0.4, 0.5) is 0 Å². The Morgan fingerprint density at radius 1 is 1.26 bits per heavy atom. The average molecular weight is 280 g/mol. The summed E-state index contributed by atoms with van der Waals surface area (Å²) in [6.45, 7) is 0.631. The normalized spacial score (nSPS) is 11.6. The summed E-state index contributed by atoms with van der Waals surface area (Å²) in [5.41, 5.74) is 7.96. The Hall–Kier alpha value is -1.70. The maximum absolute atomic E-state index is 11.9. The van der Waals surface area contributed by atoms with Gasteiger partial charge in [-0.15, -0.1) is 0 Å². The molecule has 2 rings (SSSR count). The molecule has 0 radical (unpaired) electrons. The van der Waals surface area contributed by atoms with E-state index in [1.807, 2.05) is 12.1 Å². The zero-order valence-corrected chi connectivity index (χ0v) is 11.2. The molecule has 0 unspecified atom stereocenters. The lowest BCUT2D eigenvalue weighted by atomic mass is 10.1. The summed E-state index contributed by atoms with van der Waals surface area (Å²) >= 11 is 0. The zero-order valence-electron chi connectivity index (χ0n) is 10.3. The maximum Gasteiger partial charge on any atom is 0.216 e. The molecule has 1 heterocycles. The number of nitrogens with two attached hydrogens (primary N) is 1. The van der Waals surface area contributed by atoms with Crippen molar-refractivity contribution in [3.63, 3.8) is 0 Å². The Labute approximate surface area is 112 Å². The van der Waals surface area contributed by atoms with Crippen LogP contribution in [0.1, 0.15) is 16.7 Å². The fourth-order valence-corrected chi connectivity index (χ4v) is 2.79. The van der Waals surface area contributed by atoms with Crippen LogP contribution in [0.25, 0.3) is 0 Å². The van der Waals surface area contributed by atoms with Crippen molar-refractivity contribution in [2.24, 2.45) is 5.73 Å². The van der Waals surface area contributed by atoms with E-state index in [-0.39, 0.29) is 12.3 Å². The highest BCUT2D eigenvalue weighted by Crippen LogP contribution is 2.08. The molecule has 1 aromatic carbocycles. The van der Waals surface area contributed by atoms with Gasteiger partial charge >= 0.3 is 0 Å². The van der Waals surface area contributed by atoms with E-state index in [2.05, 4.69) is 14.9 Å². The summed E-state index contributed by atoms with van der Waals surface area (Å²) in [7, 11) is -3.37. The third kappa shape index (κ3) is 4.16. The highest BCUT2D eigenvalue weighted by Gasteiger charge is 2.11. The summed E-state index contributed by atoms with van der Waals surface area (Å²) in [6, 6.07) is 7.26. The summed E-state index contributed by atoms with van der Waals surface area (Å²) in [5, 5.41) is 6.39. The first-order chi connectivity index (χ1) is 9.09. The minimum Gasteiger partial charge on any atom is -0.326 e. The highest BCUT2D eigenvalue weighted by molar-refractivity contribution is 7.88. The molecule has 4 N–H and O–H groups in total. The Bertz CT molecular complexity index is 623. The predicted octanol–water partition coefficient (Wildman–Crippen LogP) is 0.488. The molecule has 0 bridgehead atoms. The minimum absolute atomic E-state index is 0.0569. The highest BCUT2D eigenvalue weighted by atomic mass is 32.2. The van der Waals surface area contributed by atoms with Crippen LogP contribution >= 0.6 is 0 Å². The van der Waals surface area contributed by atoms with Gasteiger partial charge in [-0.25, -0.2) is 13.1 Å². The Morgan fingerprint density at radius 2 is 2.05 bits per heavy atom. The molecule has 0 saturated heterocycles. The van der Waals surface area contributed by atoms with Gasteiger partial charge in [0.1, 0.15) is 0 Å². The van der Waals surface area contributed by atoms with Crippen LogP contribution in [0.15, 0.2) is 36.7 Å². The molecule has 0 saturated carbocycles. The number of nitrogens with zero attached hydrogens (tertiary/aromatic N) is 1. The number of H-pyrrole nitrogens is 1. The van der Waals surface area contributed by atoms with E-state index >= 15 is 0 Å². The first kappa shape index (κ1) is 13.7. The molecule has 6 nitrogen and oxygen atoms in total. The van der Waals surface area contributed by atoms with E-state index in [1.165, 1.54) is 0 Å². The fourth-order valence-electron chi connectivity index (χ4n) is 1.68. The van der Waals surface area contributed by atoms with E-state index in [1.54, 1.807) is 24.5 Å². The molecule has 7 heteroatoms. The zero-order chi connectivity index (χ0) is 13.7. The van der Waals surface area contributed by atoms with Crippen LogP contribution in [-0.2, 0) is 28.9 Å². The van der Waals surface area contributed by atoms with Gasteiger partial charge in [-0.1, -0.05) is 24.3 Å². The van der Waals surface area contributed by atoms with Crippen molar-refractivity contribution in [3.05, 3.63) is 53.3 Å². The van der Waals surface area contributed by atoms with E-state index in [0.717, 1.165) is 16.7 Å². The number of hydrogen-bond acceptors (Lipinski definition) is 4. The second-order valence-corrected chi connectivity index (χ2v) is 6.02. The number of sulfonamides is 1. The molecule has 0 aliphatic rings. The van der Waals surface area contributed by atoms with Crippen molar-refractivity contribution in [2.75, 3.05) is 0 Å². The van der Waals surface area contributed by atoms with Crippen LogP contribution in [0.2, 0.25) is 0 Å². The van der Waals surface area contributed by atoms with Gasteiger partial charge in [-0.3, -0.25) is 5.10 Å². The van der Waals surface area contributed by atoms with Gasteiger partial charge in [-0.2, -0.15) is 5.10 Å². The van der Waals surface area contributed by atoms with Crippen molar-refractivity contribution < 1.29 is 8.42 Å². The smallest absolute Gasteiger partial charge is 0.216 e. The van der Waals surface area contributed by atoms with E-state index in [0.29, 0.717) is 6.54 Å². The molecule has 0 spiro atoms. The summed E-state index contributed by atoms with van der Waals surface area (Å²) in [5.74, 6) is -0.0569. The number of nitrogens with one attached hydrogen (secondary N) is 2. The lowest BCUT2D eigenvalue weighted by Gasteiger charge is -2.07. The first-order valence-corrected chi connectivity index (χ1v) is 7.47. The summed E-state index contributed by atoms with van der Waals surface area (Å²) in [6.07, 6.45) is 3.23. The molecule has 2 aromatic rings. The second-order valence-electron chi connectivity index (χ2n) is 4.21. The Morgan fingerprint density at radius 3 is 2.74 bits per heavy atom. The summed E-state index contributed by atoms with van der Waals surface area (Å²) < 4.78 is 26.4. The van der Waals surface area contributed by atoms with Crippen LogP contribution < -0.4 is 10.5 Å². The predicted molar refractivity (Wildman–Crippen MR) is 72.4 cm³/mol. The molecule has 0 aliphatic heterocycles. The Balaban J connectivity index is 2.00. The standard InChI is InChI=1S/C12H16N4O2S/c13-5-10-2-1-3-11(4-10)9-19(17,18)16-8-12-6-14-15-7-12/h1-4,6-7,16H,5,8-9,13H2,(H,14,15). The fraction of sp³-hybridized carbons (Fsp3) is 0.250. The lowest BCUT2D eigenvalue weighted by Crippen LogP contribution is -2.24. The topological polar surface area (TPSA) is 101 Å². The number of benzene rings is 1. The quantitative estimate of drug-likeness (QED) is 0.716. The largest absolute Gasteiger partial charge is 0.326 e. The number of hydrogen-bond donors (Lipinski definition) is 3. The van der Waals surface area contributed by atoms with E-state index in [9.17, 15) is 8.42 Å². The number of aromatic nitrogens is 2. The van der Waals surface area contributed by atoms with E-state index in [4.69, 9.17) is 5.73 Å². The molecule has 0 amide bonds. The molecular formula is C12H16N4O2S. The van der Waals surface area contributed by atoms with Crippen LogP contribution in [0.5, 0.6) is 0 Å². The van der Waals surface area contributed by atoms with Crippen molar-refractivity contribution in [1.82, 2.24) is 14.9 Å². The van der Waals surface area contributed by atoms with Crippen LogP contribution in [0.3, 0.4) is 0 Å². The van der Waals surface area contributed by atoms with E-state index < -0.39 is 10.0 Å². The molecule has 19 heavy (non-hydrogen) atoms. The first-order valence-electron chi connectivity index (χ1n) is 5.82. The second kappa shape index (κ2) is 5.96. The third-order valence-electron chi connectivity index (χ3n) is 2.63. The Kier molecular flexibility index (Phi) is 4.31. The maximum atomic E-state index is 11.9. The van der Waals surface area contributed by atoms with Crippen molar-refractivity contribution >= 4 is 10.0 Å². The van der Waals surface area contributed by atoms with Crippen molar-refractivity contribution in [2.45, 2.75) is 18.8 Å². The third-order valence-corrected chi connectivity index (χ3v) is 3.93. The average Bonchev–Trinajstić information content (AvgIpc) is 2.89. The monoisotopic (exact) mass is 280 g/mol. The minimum atomic E-state index is -3.37. The van der Waals surface area contributed by atoms with Crippen LogP contribution in [0, 0.1) is 0 Å². The van der Waals surface area contributed by atoms with Gasteiger partial charge in [0.15, 0.2) is 0 Å².